The summed E-state index contributed by atoms with van der Waals surface area (Å²) in [4.78, 5) is 0. The van der Waals surface area contributed by atoms with Crippen LogP contribution in [0.5, 0.6) is 0 Å². The highest BCUT2D eigenvalue weighted by Crippen LogP contribution is 2.33. The molecule has 0 amide bonds. The lowest BCUT2D eigenvalue weighted by atomic mass is 10.1. The van der Waals surface area contributed by atoms with Gasteiger partial charge in [0.25, 0.3) is 0 Å². The summed E-state index contributed by atoms with van der Waals surface area (Å²) in [5, 5.41) is 4.60. The normalized spacial score (nSPS) is 12.2. The van der Waals surface area contributed by atoms with Gasteiger partial charge < -0.3 is 0 Å². The van der Waals surface area contributed by atoms with Crippen LogP contribution < -0.4 is 0 Å². The Kier molecular flexibility index (Phi) is 3.82. The van der Waals surface area contributed by atoms with Crippen molar-refractivity contribution in [1.82, 2.24) is 9.78 Å². The second-order valence-corrected chi connectivity index (χ2v) is 5.26. The third kappa shape index (κ3) is 2.68. The third-order valence-corrected chi connectivity index (χ3v) is 3.41. The number of alkyl halides is 3. The fourth-order valence-corrected chi connectivity index (χ4v) is 2.64. The topological polar surface area (TPSA) is 17.8 Å². The molecule has 0 bridgehead atoms. The average Bonchev–Trinajstić information content (AvgIpc) is 2.64. The Bertz CT molecular complexity index is 630. The van der Waals surface area contributed by atoms with Gasteiger partial charge in [0.2, 0.25) is 0 Å². The minimum absolute atomic E-state index is 0.155. The van der Waals surface area contributed by atoms with E-state index in [-0.39, 0.29) is 5.92 Å². The van der Waals surface area contributed by atoms with E-state index in [1.54, 1.807) is 13.0 Å². The quantitative estimate of drug-likeness (QED) is 0.765. The minimum atomic E-state index is -4.38. The first-order valence-electron chi connectivity index (χ1n) is 6.14. The summed E-state index contributed by atoms with van der Waals surface area (Å²) in [5.74, 6) is 0.155. The van der Waals surface area contributed by atoms with Crippen molar-refractivity contribution >= 4 is 11.6 Å². The van der Waals surface area contributed by atoms with E-state index < -0.39 is 11.7 Å². The van der Waals surface area contributed by atoms with Crippen LogP contribution in [0.1, 0.15) is 36.6 Å². The molecule has 2 rings (SSSR count). The van der Waals surface area contributed by atoms with E-state index in [1.807, 2.05) is 13.8 Å². The van der Waals surface area contributed by atoms with Gasteiger partial charge in [-0.05, 0) is 31.0 Å². The Balaban J connectivity index is 2.56. The molecule has 0 aliphatic rings. The van der Waals surface area contributed by atoms with Gasteiger partial charge in [-0.3, -0.25) is 0 Å². The molecule has 0 radical (unpaired) electrons. The standard InChI is InChI=1S/C14H14ClF3N2/c1-8(2)12-9(3)19-20(13(12)15)11-6-4-5-10(7-11)14(16,17)18/h4-8H,1-3H3. The molecule has 0 N–H and O–H groups in total. The number of halogens is 4. The van der Waals surface area contributed by atoms with E-state index in [9.17, 15) is 13.2 Å². The predicted octanol–water partition coefficient (Wildman–Crippen LogP) is 4.98. The molecule has 0 saturated carbocycles. The lowest BCUT2D eigenvalue weighted by Crippen LogP contribution is -2.06. The molecule has 1 aromatic carbocycles. The number of aryl methyl sites for hydroxylation is 1. The van der Waals surface area contributed by atoms with E-state index in [1.165, 1.54) is 10.7 Å². The highest BCUT2D eigenvalue weighted by molar-refractivity contribution is 6.30. The molecular weight excluding hydrogens is 289 g/mol. The molecule has 108 valence electrons. The maximum absolute atomic E-state index is 12.7. The van der Waals surface area contributed by atoms with E-state index in [0.717, 1.165) is 23.4 Å². The van der Waals surface area contributed by atoms with Crippen LogP contribution in [0.4, 0.5) is 13.2 Å². The molecule has 2 aromatic rings. The molecule has 0 aliphatic heterocycles. The second kappa shape index (κ2) is 5.13. The van der Waals surface area contributed by atoms with Crippen LogP contribution in [0.25, 0.3) is 5.69 Å². The number of nitrogens with zero attached hydrogens (tertiary/aromatic N) is 2. The molecule has 0 spiro atoms. The van der Waals surface area contributed by atoms with Gasteiger partial charge in [0.05, 0.1) is 16.9 Å². The van der Waals surface area contributed by atoms with Crippen LogP contribution in [0.3, 0.4) is 0 Å². The summed E-state index contributed by atoms with van der Waals surface area (Å²) < 4.78 is 39.6. The van der Waals surface area contributed by atoms with Crippen molar-refractivity contribution in [1.29, 1.82) is 0 Å². The molecule has 1 heterocycles. The first-order valence-corrected chi connectivity index (χ1v) is 6.52. The maximum atomic E-state index is 12.7. The third-order valence-electron chi connectivity index (χ3n) is 3.04. The monoisotopic (exact) mass is 302 g/mol. The van der Waals surface area contributed by atoms with Gasteiger partial charge >= 0.3 is 6.18 Å². The SMILES string of the molecule is Cc1nn(-c2cccc(C(F)(F)F)c2)c(Cl)c1C(C)C. The predicted molar refractivity (Wildman–Crippen MR) is 72.4 cm³/mol. The lowest BCUT2D eigenvalue weighted by Gasteiger charge is -2.10. The average molecular weight is 303 g/mol. The Morgan fingerprint density at radius 2 is 1.90 bits per heavy atom. The molecule has 0 atom stereocenters. The van der Waals surface area contributed by atoms with Crippen molar-refractivity contribution in [2.75, 3.05) is 0 Å². The molecule has 0 aliphatic carbocycles. The number of benzene rings is 1. The first kappa shape index (κ1) is 14.9. The Morgan fingerprint density at radius 1 is 1.25 bits per heavy atom. The maximum Gasteiger partial charge on any atom is 0.416 e. The molecule has 1 aromatic heterocycles. The van der Waals surface area contributed by atoms with Crippen molar-refractivity contribution in [3.63, 3.8) is 0 Å². The van der Waals surface area contributed by atoms with E-state index >= 15 is 0 Å². The highest BCUT2D eigenvalue weighted by atomic mass is 35.5. The fraction of sp³-hybridized carbons (Fsp3) is 0.357. The zero-order chi connectivity index (χ0) is 15.1. The number of aromatic nitrogens is 2. The largest absolute Gasteiger partial charge is 0.416 e. The fourth-order valence-electron chi connectivity index (χ4n) is 2.15. The highest BCUT2D eigenvalue weighted by Gasteiger charge is 2.31. The van der Waals surface area contributed by atoms with E-state index in [4.69, 9.17) is 11.6 Å². The molecule has 0 unspecified atom stereocenters. The van der Waals surface area contributed by atoms with Crippen molar-refractivity contribution in [3.05, 3.63) is 46.2 Å². The lowest BCUT2D eigenvalue weighted by molar-refractivity contribution is -0.137. The van der Waals surface area contributed by atoms with Crippen molar-refractivity contribution in [2.45, 2.75) is 32.9 Å². The molecular formula is C14H14ClF3N2. The summed E-state index contributed by atoms with van der Waals surface area (Å²) >= 11 is 6.24. The Morgan fingerprint density at radius 3 is 2.40 bits per heavy atom. The molecule has 20 heavy (non-hydrogen) atoms. The van der Waals surface area contributed by atoms with Crippen molar-refractivity contribution in [2.24, 2.45) is 0 Å². The van der Waals surface area contributed by atoms with E-state index in [2.05, 4.69) is 5.10 Å². The van der Waals surface area contributed by atoms with Crippen LogP contribution in [0.2, 0.25) is 5.15 Å². The second-order valence-electron chi connectivity index (χ2n) is 4.90. The zero-order valence-electron chi connectivity index (χ0n) is 11.3. The van der Waals surface area contributed by atoms with Gasteiger partial charge in [-0.2, -0.15) is 18.3 Å². The zero-order valence-corrected chi connectivity index (χ0v) is 12.0. The van der Waals surface area contributed by atoms with Gasteiger partial charge in [-0.15, -0.1) is 0 Å². The summed E-state index contributed by atoms with van der Waals surface area (Å²) in [5.41, 5.74) is 1.16. The molecule has 2 nitrogen and oxygen atoms in total. The van der Waals surface area contributed by atoms with Crippen molar-refractivity contribution in [3.8, 4) is 5.69 Å². The molecule has 6 heteroatoms. The summed E-state index contributed by atoms with van der Waals surface area (Å²) in [6, 6.07) is 4.97. The Labute approximate surface area is 120 Å². The molecule has 0 fully saturated rings. The van der Waals surface area contributed by atoms with Crippen LogP contribution in [0, 0.1) is 6.92 Å². The van der Waals surface area contributed by atoms with Gasteiger partial charge in [0.15, 0.2) is 0 Å². The number of rotatable bonds is 2. The van der Waals surface area contributed by atoms with Gasteiger partial charge in [0.1, 0.15) is 5.15 Å². The van der Waals surface area contributed by atoms with Gasteiger partial charge in [0, 0.05) is 5.56 Å². The Hall–Kier alpha value is -1.49. The summed E-state index contributed by atoms with van der Waals surface area (Å²) in [7, 11) is 0. The number of hydrogen-bond donors (Lipinski definition) is 0. The van der Waals surface area contributed by atoms with Crippen LogP contribution in [-0.2, 0) is 6.18 Å². The van der Waals surface area contributed by atoms with Crippen LogP contribution in [-0.4, -0.2) is 9.78 Å². The smallest absolute Gasteiger partial charge is 0.222 e. The summed E-state index contributed by atoms with van der Waals surface area (Å²) in [6.07, 6.45) is -4.38. The first-order chi connectivity index (χ1) is 9.21. The summed E-state index contributed by atoms with van der Waals surface area (Å²) in [6.45, 7) is 5.73. The van der Waals surface area contributed by atoms with Crippen LogP contribution >= 0.6 is 11.6 Å². The molecule has 0 saturated heterocycles. The van der Waals surface area contributed by atoms with Gasteiger partial charge in [-0.1, -0.05) is 31.5 Å². The number of hydrogen-bond acceptors (Lipinski definition) is 1. The van der Waals surface area contributed by atoms with E-state index in [0.29, 0.717) is 10.8 Å². The van der Waals surface area contributed by atoms with Crippen LogP contribution in [0.15, 0.2) is 24.3 Å². The minimum Gasteiger partial charge on any atom is -0.222 e. The van der Waals surface area contributed by atoms with Crippen molar-refractivity contribution < 1.29 is 13.2 Å². The van der Waals surface area contributed by atoms with Gasteiger partial charge in [-0.25, -0.2) is 4.68 Å².